The number of nitrogens with zero attached hydrogens (tertiary/aromatic N) is 1. The van der Waals surface area contributed by atoms with Crippen LogP contribution in [0.1, 0.15) is 29.7 Å². The molecule has 1 aromatic carbocycles. The van der Waals surface area contributed by atoms with Crippen molar-refractivity contribution in [2.24, 2.45) is 0 Å². The maximum Gasteiger partial charge on any atom is 0.253 e. The van der Waals surface area contributed by atoms with E-state index in [-0.39, 0.29) is 18.0 Å². The number of hydrogen-bond donors (Lipinski definition) is 1. The maximum absolute atomic E-state index is 13.0. The minimum Gasteiger partial charge on any atom is -0.467 e. The van der Waals surface area contributed by atoms with Gasteiger partial charge in [-0.05, 0) is 55.5 Å². The number of pyridine rings is 1. The van der Waals surface area contributed by atoms with Crippen molar-refractivity contribution in [3.05, 3.63) is 69.9 Å². The van der Waals surface area contributed by atoms with Crippen molar-refractivity contribution in [2.45, 2.75) is 39.0 Å². The normalized spacial score (nSPS) is 16.7. The molecule has 1 unspecified atom stereocenters. The molecular weight excluding hydrogens is 344 g/mol. The van der Waals surface area contributed by atoms with Crippen molar-refractivity contribution in [1.29, 1.82) is 0 Å². The number of rotatable bonds is 5. The number of nitrogens with one attached hydrogen (secondary N) is 1. The number of aromatic amines is 1. The number of carbonyl (C=O) groups excluding carboxylic acids is 1. The van der Waals surface area contributed by atoms with Crippen LogP contribution in [0.15, 0.2) is 51.9 Å². The lowest BCUT2D eigenvalue weighted by Gasteiger charge is -2.24. The lowest BCUT2D eigenvalue weighted by molar-refractivity contribution is -0.142. The van der Waals surface area contributed by atoms with Crippen molar-refractivity contribution in [1.82, 2.24) is 9.88 Å². The Kier molecular flexibility index (Phi) is 4.81. The van der Waals surface area contributed by atoms with Gasteiger partial charge in [-0.25, -0.2) is 0 Å². The summed E-state index contributed by atoms with van der Waals surface area (Å²) in [4.78, 5) is 30.1. The summed E-state index contributed by atoms with van der Waals surface area (Å²) in [6.45, 7) is 3.12. The summed E-state index contributed by atoms with van der Waals surface area (Å²) in [6, 6.07) is 11.3. The zero-order valence-corrected chi connectivity index (χ0v) is 15.2. The summed E-state index contributed by atoms with van der Waals surface area (Å²) in [5, 5.41) is 0.951. The first-order chi connectivity index (χ1) is 13.1. The molecule has 6 heteroatoms. The largest absolute Gasteiger partial charge is 0.467 e. The van der Waals surface area contributed by atoms with Crippen LogP contribution in [-0.2, 0) is 22.6 Å². The zero-order valence-electron chi connectivity index (χ0n) is 15.2. The molecule has 27 heavy (non-hydrogen) atoms. The highest BCUT2D eigenvalue weighted by Gasteiger charge is 2.29. The van der Waals surface area contributed by atoms with Gasteiger partial charge in [-0.3, -0.25) is 9.59 Å². The third kappa shape index (κ3) is 3.80. The topological polar surface area (TPSA) is 75.5 Å². The molecule has 6 nitrogen and oxygen atoms in total. The van der Waals surface area contributed by atoms with Crippen LogP contribution in [0.2, 0.25) is 0 Å². The van der Waals surface area contributed by atoms with E-state index in [4.69, 9.17) is 9.15 Å². The standard InChI is InChI=1S/C21H22N2O4/c1-14-6-7-18-15(10-14)11-16(20(24)22-18)12-23(13-17-4-2-8-26-17)21(25)19-5-3-9-27-19/h2,4,6-8,10-11,19H,3,5,9,12-13H2,1H3,(H,22,24). The fourth-order valence-corrected chi connectivity index (χ4v) is 3.47. The highest BCUT2D eigenvalue weighted by Crippen LogP contribution is 2.19. The summed E-state index contributed by atoms with van der Waals surface area (Å²) in [5.74, 6) is 0.571. The quantitative estimate of drug-likeness (QED) is 0.753. The van der Waals surface area contributed by atoms with Gasteiger partial charge in [0.25, 0.3) is 11.5 Å². The second-order valence-corrected chi connectivity index (χ2v) is 6.99. The number of H-pyrrole nitrogens is 1. The Morgan fingerprint density at radius 3 is 2.89 bits per heavy atom. The second kappa shape index (κ2) is 7.40. The van der Waals surface area contributed by atoms with Crippen molar-refractivity contribution in [3.8, 4) is 0 Å². The van der Waals surface area contributed by atoms with E-state index in [2.05, 4.69) is 4.98 Å². The van der Waals surface area contributed by atoms with E-state index < -0.39 is 6.10 Å². The Morgan fingerprint density at radius 2 is 2.15 bits per heavy atom. The number of amides is 1. The van der Waals surface area contributed by atoms with Crippen molar-refractivity contribution in [2.75, 3.05) is 6.61 Å². The second-order valence-electron chi connectivity index (χ2n) is 6.99. The molecule has 1 aliphatic rings. The van der Waals surface area contributed by atoms with Gasteiger partial charge in [0.05, 0.1) is 19.4 Å². The Hall–Kier alpha value is -2.86. The Morgan fingerprint density at radius 1 is 1.26 bits per heavy atom. The van der Waals surface area contributed by atoms with E-state index in [0.717, 1.165) is 22.9 Å². The van der Waals surface area contributed by atoms with Gasteiger partial charge >= 0.3 is 0 Å². The molecule has 1 fully saturated rings. The van der Waals surface area contributed by atoms with Gasteiger partial charge in [-0.1, -0.05) is 11.6 Å². The van der Waals surface area contributed by atoms with Gasteiger partial charge in [0.2, 0.25) is 0 Å². The van der Waals surface area contributed by atoms with Crippen molar-refractivity contribution >= 4 is 16.8 Å². The highest BCUT2D eigenvalue weighted by molar-refractivity contribution is 5.82. The summed E-state index contributed by atoms with van der Waals surface area (Å²) in [5.41, 5.74) is 2.27. The van der Waals surface area contributed by atoms with Gasteiger partial charge in [0.15, 0.2) is 0 Å². The number of hydrogen-bond acceptors (Lipinski definition) is 4. The molecule has 1 aliphatic heterocycles. The molecule has 3 aromatic rings. The molecule has 1 atom stereocenters. The van der Waals surface area contributed by atoms with Crippen LogP contribution in [0.25, 0.3) is 10.9 Å². The van der Waals surface area contributed by atoms with Crippen molar-refractivity contribution < 1.29 is 13.9 Å². The van der Waals surface area contributed by atoms with Gasteiger partial charge < -0.3 is 19.0 Å². The zero-order chi connectivity index (χ0) is 18.8. The third-order valence-corrected chi connectivity index (χ3v) is 4.88. The molecule has 140 valence electrons. The molecular formula is C21H22N2O4. The van der Waals surface area contributed by atoms with E-state index in [1.807, 2.05) is 37.3 Å². The van der Waals surface area contributed by atoms with Crippen LogP contribution in [0.5, 0.6) is 0 Å². The molecule has 0 saturated carbocycles. The fourth-order valence-electron chi connectivity index (χ4n) is 3.47. The molecule has 4 rings (SSSR count). The monoisotopic (exact) mass is 366 g/mol. The predicted octanol–water partition coefficient (Wildman–Crippen LogP) is 3.14. The predicted molar refractivity (Wildman–Crippen MR) is 101 cm³/mol. The number of aromatic nitrogens is 1. The molecule has 2 aromatic heterocycles. The van der Waals surface area contributed by atoms with E-state index in [0.29, 0.717) is 30.9 Å². The molecule has 1 amide bonds. The average molecular weight is 366 g/mol. The molecule has 3 heterocycles. The smallest absolute Gasteiger partial charge is 0.253 e. The first-order valence-electron chi connectivity index (χ1n) is 9.15. The van der Waals surface area contributed by atoms with Crippen LogP contribution in [0.3, 0.4) is 0 Å². The van der Waals surface area contributed by atoms with Gasteiger partial charge in [0, 0.05) is 17.7 Å². The van der Waals surface area contributed by atoms with E-state index in [1.54, 1.807) is 17.2 Å². The molecule has 0 radical (unpaired) electrons. The number of furan rings is 1. The van der Waals surface area contributed by atoms with E-state index in [9.17, 15) is 9.59 Å². The first kappa shape index (κ1) is 17.5. The van der Waals surface area contributed by atoms with Crippen LogP contribution >= 0.6 is 0 Å². The summed E-state index contributed by atoms with van der Waals surface area (Å²) < 4.78 is 11.0. The van der Waals surface area contributed by atoms with Crippen LogP contribution in [-0.4, -0.2) is 28.5 Å². The molecule has 1 saturated heterocycles. The lowest BCUT2D eigenvalue weighted by atomic mass is 10.1. The lowest BCUT2D eigenvalue weighted by Crippen LogP contribution is -2.39. The SMILES string of the molecule is Cc1ccc2[nH]c(=O)c(CN(Cc3ccco3)C(=O)C3CCCO3)cc2c1. The number of ether oxygens (including phenoxy) is 1. The van der Waals surface area contributed by atoms with Crippen molar-refractivity contribution in [3.63, 3.8) is 0 Å². The number of aryl methyl sites for hydroxylation is 1. The Bertz CT molecular complexity index is 1000. The summed E-state index contributed by atoms with van der Waals surface area (Å²) in [7, 11) is 0. The fraction of sp³-hybridized carbons (Fsp3) is 0.333. The van der Waals surface area contributed by atoms with Gasteiger partial charge in [-0.15, -0.1) is 0 Å². The van der Waals surface area contributed by atoms with Gasteiger partial charge in [-0.2, -0.15) is 0 Å². The van der Waals surface area contributed by atoms with Crippen LogP contribution in [0, 0.1) is 6.92 Å². The number of benzene rings is 1. The van der Waals surface area contributed by atoms with Crippen LogP contribution in [0.4, 0.5) is 0 Å². The summed E-state index contributed by atoms with van der Waals surface area (Å²) >= 11 is 0. The Balaban J connectivity index is 1.65. The average Bonchev–Trinajstić information content (AvgIpc) is 3.35. The van der Waals surface area contributed by atoms with E-state index in [1.165, 1.54) is 0 Å². The number of carbonyl (C=O) groups is 1. The van der Waals surface area contributed by atoms with Gasteiger partial charge in [0.1, 0.15) is 11.9 Å². The first-order valence-corrected chi connectivity index (χ1v) is 9.15. The number of fused-ring (bicyclic) bond motifs is 1. The minimum absolute atomic E-state index is 0.104. The molecule has 0 aliphatic carbocycles. The Labute approximate surface area is 156 Å². The minimum atomic E-state index is -0.443. The molecule has 0 bridgehead atoms. The summed E-state index contributed by atoms with van der Waals surface area (Å²) in [6.07, 6.45) is 2.72. The highest BCUT2D eigenvalue weighted by atomic mass is 16.5. The van der Waals surface area contributed by atoms with Crippen LogP contribution < -0.4 is 5.56 Å². The maximum atomic E-state index is 13.0. The van der Waals surface area contributed by atoms with E-state index >= 15 is 0 Å². The third-order valence-electron chi connectivity index (χ3n) is 4.88. The molecule has 0 spiro atoms. The molecule has 1 N–H and O–H groups in total.